The first kappa shape index (κ1) is 21.5. The van der Waals surface area contributed by atoms with Crippen LogP contribution in [0.15, 0.2) is 47.4 Å². The van der Waals surface area contributed by atoms with Crippen LogP contribution in [-0.2, 0) is 23.0 Å². The van der Waals surface area contributed by atoms with Gasteiger partial charge < -0.3 is 15.9 Å². The van der Waals surface area contributed by atoms with Crippen LogP contribution in [0.3, 0.4) is 0 Å². The number of aromatic nitrogens is 1. The van der Waals surface area contributed by atoms with Gasteiger partial charge in [0.25, 0.3) is 10.1 Å². The summed E-state index contributed by atoms with van der Waals surface area (Å²) in [5, 5.41) is 18.6. The molecule has 0 atom stereocenters. The van der Waals surface area contributed by atoms with Crippen molar-refractivity contribution in [3.63, 3.8) is 0 Å². The third-order valence-electron chi connectivity index (χ3n) is 4.96. The first-order chi connectivity index (χ1) is 14.2. The largest absolute Gasteiger partial charge is 0.507 e. The van der Waals surface area contributed by atoms with E-state index in [-0.39, 0.29) is 0 Å². The predicted octanol–water partition coefficient (Wildman–Crippen LogP) is 3.42. The molecule has 1 aliphatic carbocycles. The Morgan fingerprint density at radius 1 is 1.03 bits per heavy atom. The lowest BCUT2D eigenvalue weighted by Crippen LogP contribution is -2.02. The van der Waals surface area contributed by atoms with E-state index in [2.05, 4.69) is 12.1 Å². The Balaban J connectivity index is 0.000000173. The fraction of sp³-hybridized carbons (Fsp3) is 0.238. The van der Waals surface area contributed by atoms with Crippen molar-refractivity contribution in [2.75, 3.05) is 5.73 Å². The second-order valence-corrected chi connectivity index (χ2v) is 8.41. The van der Waals surface area contributed by atoms with E-state index in [9.17, 15) is 13.2 Å². The molecule has 1 aliphatic rings. The number of aryl methyl sites for hydroxylation is 1. The first-order valence-electron chi connectivity index (χ1n) is 9.38. The summed E-state index contributed by atoms with van der Waals surface area (Å²) in [7, 11) is -4.45. The average Bonchev–Trinajstić information content (AvgIpc) is 2.93. The normalized spacial score (nSPS) is 13.6. The third kappa shape index (κ3) is 4.69. The molecule has 30 heavy (non-hydrogen) atoms. The van der Waals surface area contributed by atoms with Gasteiger partial charge in [-0.2, -0.15) is 8.42 Å². The van der Waals surface area contributed by atoms with Crippen molar-refractivity contribution in [2.24, 2.45) is 0 Å². The number of benzene rings is 2. The summed E-state index contributed by atoms with van der Waals surface area (Å²) < 4.78 is 29.8. The fourth-order valence-corrected chi connectivity index (χ4v) is 3.94. The number of nitrogens with two attached hydrogens (primary N) is 1. The predicted molar refractivity (Wildman–Crippen MR) is 112 cm³/mol. The summed E-state index contributed by atoms with van der Waals surface area (Å²) in [5.74, 6) is -2.04. The SMILES string of the molecule is Nc1c2c(nc3ccccc13)CCCCC2.O=C(O)c1cc(S(=O)(=O)O)ccc1O. The fourth-order valence-electron chi connectivity index (χ4n) is 3.43. The molecule has 0 radical (unpaired) electrons. The van der Waals surface area contributed by atoms with Crippen LogP contribution < -0.4 is 5.73 Å². The van der Waals surface area contributed by atoms with Gasteiger partial charge in [-0.05, 0) is 55.5 Å². The monoisotopic (exact) mass is 430 g/mol. The Kier molecular flexibility index (Phi) is 6.23. The Morgan fingerprint density at radius 3 is 2.43 bits per heavy atom. The van der Waals surface area contributed by atoms with E-state index in [1.54, 1.807) is 0 Å². The molecular formula is C21H22N2O6S. The van der Waals surface area contributed by atoms with E-state index in [0.29, 0.717) is 6.07 Å². The van der Waals surface area contributed by atoms with Crippen molar-refractivity contribution in [1.82, 2.24) is 4.98 Å². The zero-order chi connectivity index (χ0) is 21.9. The van der Waals surface area contributed by atoms with Gasteiger partial charge in [0, 0.05) is 16.8 Å². The van der Waals surface area contributed by atoms with Crippen LogP contribution in [0, 0.1) is 0 Å². The quantitative estimate of drug-likeness (QED) is 0.357. The number of aromatic hydroxyl groups is 1. The minimum Gasteiger partial charge on any atom is -0.507 e. The lowest BCUT2D eigenvalue weighted by Gasteiger charge is -2.11. The molecule has 5 N–H and O–H groups in total. The smallest absolute Gasteiger partial charge is 0.339 e. The van der Waals surface area contributed by atoms with Crippen LogP contribution in [0.25, 0.3) is 10.9 Å². The third-order valence-corrected chi connectivity index (χ3v) is 5.81. The van der Waals surface area contributed by atoms with Crippen molar-refractivity contribution < 1.29 is 28.0 Å². The number of hydrogen-bond acceptors (Lipinski definition) is 6. The molecule has 1 aromatic heterocycles. The van der Waals surface area contributed by atoms with Gasteiger partial charge in [0.15, 0.2) is 0 Å². The van der Waals surface area contributed by atoms with Gasteiger partial charge in [-0.1, -0.05) is 24.6 Å². The number of carbonyl (C=O) groups is 1. The van der Waals surface area contributed by atoms with E-state index < -0.39 is 32.3 Å². The molecule has 1 heterocycles. The summed E-state index contributed by atoms with van der Waals surface area (Å²) in [5.41, 5.74) is 10.2. The highest BCUT2D eigenvalue weighted by molar-refractivity contribution is 7.85. The number of carboxylic acids is 1. The maximum atomic E-state index is 10.6. The van der Waals surface area contributed by atoms with Crippen molar-refractivity contribution in [3.8, 4) is 5.75 Å². The minimum atomic E-state index is -4.45. The second kappa shape index (κ2) is 8.68. The number of phenols is 1. The molecule has 158 valence electrons. The Bertz CT molecular complexity index is 1210. The molecule has 0 amide bonds. The van der Waals surface area contributed by atoms with E-state index in [4.69, 9.17) is 25.5 Å². The number of rotatable bonds is 2. The molecule has 0 saturated heterocycles. The van der Waals surface area contributed by atoms with Crippen molar-refractivity contribution in [3.05, 3.63) is 59.3 Å². The van der Waals surface area contributed by atoms with Crippen LogP contribution >= 0.6 is 0 Å². The van der Waals surface area contributed by atoms with E-state index >= 15 is 0 Å². The van der Waals surface area contributed by atoms with Gasteiger partial charge in [0.2, 0.25) is 0 Å². The van der Waals surface area contributed by atoms with Crippen LogP contribution in [0.4, 0.5) is 5.69 Å². The molecule has 4 rings (SSSR count). The summed E-state index contributed by atoms with van der Waals surface area (Å²) >= 11 is 0. The number of para-hydroxylation sites is 1. The lowest BCUT2D eigenvalue weighted by atomic mass is 10.0. The van der Waals surface area contributed by atoms with Crippen LogP contribution in [-0.4, -0.2) is 34.1 Å². The van der Waals surface area contributed by atoms with E-state index in [1.165, 1.54) is 30.5 Å². The van der Waals surface area contributed by atoms with Gasteiger partial charge >= 0.3 is 5.97 Å². The molecule has 0 fully saturated rings. The molecule has 3 aromatic rings. The second-order valence-electron chi connectivity index (χ2n) is 6.99. The molecule has 9 heteroatoms. The van der Waals surface area contributed by atoms with Crippen molar-refractivity contribution in [2.45, 2.75) is 37.0 Å². The molecule has 0 bridgehead atoms. The maximum Gasteiger partial charge on any atom is 0.339 e. The Hall–Kier alpha value is -3.17. The summed E-state index contributed by atoms with van der Waals surface area (Å²) in [6, 6.07) is 10.6. The highest BCUT2D eigenvalue weighted by Gasteiger charge is 2.16. The number of nitrogens with zero attached hydrogens (tertiary/aromatic N) is 1. The van der Waals surface area contributed by atoms with Gasteiger partial charge in [0.1, 0.15) is 11.3 Å². The number of hydrogen-bond donors (Lipinski definition) is 4. The Morgan fingerprint density at radius 2 is 1.73 bits per heavy atom. The zero-order valence-corrected chi connectivity index (χ0v) is 16.9. The van der Waals surface area contributed by atoms with Gasteiger partial charge in [-0.3, -0.25) is 9.54 Å². The maximum absolute atomic E-state index is 10.6. The number of anilines is 1. The highest BCUT2D eigenvalue weighted by Crippen LogP contribution is 2.30. The summed E-state index contributed by atoms with van der Waals surface area (Å²) in [6.45, 7) is 0. The molecule has 0 spiro atoms. The minimum absolute atomic E-state index is 0.565. The summed E-state index contributed by atoms with van der Waals surface area (Å²) in [4.78, 5) is 14.6. The van der Waals surface area contributed by atoms with Gasteiger partial charge in [-0.25, -0.2) is 4.79 Å². The first-order valence-corrected chi connectivity index (χ1v) is 10.8. The Labute approximate surface area is 173 Å². The number of carboxylic acid groups (broad SMARTS) is 1. The molecule has 0 aliphatic heterocycles. The van der Waals surface area contributed by atoms with Gasteiger partial charge in [0.05, 0.1) is 10.4 Å². The standard InChI is InChI=1S/C14H16N2.C7H6O6S/c15-14-10-6-2-1-3-8-12(10)16-13-9-5-4-7-11(13)14;8-6-2-1-4(14(11,12)13)3-5(6)7(9)10/h4-5,7,9H,1-3,6,8H2,(H2,15,16);1-3,8H,(H,9,10)(H,11,12,13). The van der Waals surface area contributed by atoms with E-state index in [1.807, 2.05) is 12.1 Å². The average molecular weight is 430 g/mol. The highest BCUT2D eigenvalue weighted by atomic mass is 32.2. The lowest BCUT2D eigenvalue weighted by molar-refractivity contribution is 0.0693. The zero-order valence-electron chi connectivity index (χ0n) is 16.1. The topological polar surface area (TPSA) is 151 Å². The molecule has 8 nitrogen and oxygen atoms in total. The summed E-state index contributed by atoms with van der Waals surface area (Å²) in [6.07, 6.45) is 5.98. The molecule has 0 unspecified atom stereocenters. The van der Waals surface area contributed by atoms with Crippen molar-refractivity contribution >= 4 is 32.7 Å². The number of nitrogen functional groups attached to an aromatic ring is 1. The van der Waals surface area contributed by atoms with Crippen LogP contribution in [0.5, 0.6) is 5.75 Å². The number of aromatic carboxylic acids is 1. The number of pyridine rings is 1. The van der Waals surface area contributed by atoms with Crippen LogP contribution in [0.2, 0.25) is 0 Å². The number of fused-ring (bicyclic) bond motifs is 2. The molecule has 0 saturated carbocycles. The van der Waals surface area contributed by atoms with Gasteiger partial charge in [-0.15, -0.1) is 0 Å². The molecule has 2 aromatic carbocycles. The van der Waals surface area contributed by atoms with Crippen molar-refractivity contribution in [1.29, 1.82) is 0 Å². The molecular weight excluding hydrogens is 408 g/mol. The van der Waals surface area contributed by atoms with E-state index in [0.717, 1.165) is 41.6 Å². The van der Waals surface area contributed by atoms with Crippen LogP contribution in [0.1, 0.15) is 40.9 Å².